The summed E-state index contributed by atoms with van der Waals surface area (Å²) in [4.78, 5) is 12.1. The molecule has 0 aliphatic carbocycles. The van der Waals surface area contributed by atoms with Crippen LogP contribution in [0.15, 0.2) is 24.3 Å². The Labute approximate surface area is 125 Å². The van der Waals surface area contributed by atoms with E-state index in [4.69, 9.17) is 0 Å². The van der Waals surface area contributed by atoms with E-state index in [9.17, 15) is 9.90 Å². The Kier molecular flexibility index (Phi) is 4.45. The summed E-state index contributed by atoms with van der Waals surface area (Å²) >= 11 is 1.63. The predicted octanol–water partition coefficient (Wildman–Crippen LogP) is 2.26. The number of amides is 1. The molecule has 0 bridgehead atoms. The van der Waals surface area contributed by atoms with Gasteiger partial charge in [-0.2, -0.15) is 11.8 Å². The Morgan fingerprint density at radius 2 is 2.25 bits per heavy atom. The van der Waals surface area contributed by atoms with Gasteiger partial charge in [-0.25, -0.2) is 0 Å². The third-order valence-electron chi connectivity index (χ3n) is 3.91. The highest BCUT2D eigenvalue weighted by Crippen LogP contribution is 2.28. The maximum Gasteiger partial charge on any atom is 0.252 e. The van der Waals surface area contributed by atoms with Gasteiger partial charge in [0.2, 0.25) is 0 Å². The van der Waals surface area contributed by atoms with Crippen molar-refractivity contribution in [1.29, 1.82) is 0 Å². The molecule has 3 nitrogen and oxygen atoms in total. The minimum absolute atomic E-state index is 0.149. The van der Waals surface area contributed by atoms with Gasteiger partial charge in [0.05, 0.1) is 0 Å². The van der Waals surface area contributed by atoms with Crippen LogP contribution in [0.25, 0.3) is 0 Å². The number of rotatable bonds is 4. The van der Waals surface area contributed by atoms with Crippen molar-refractivity contribution < 1.29 is 9.90 Å². The van der Waals surface area contributed by atoms with Gasteiger partial charge < -0.3 is 10.4 Å². The summed E-state index contributed by atoms with van der Waals surface area (Å²) in [5.74, 6) is 1.12. The molecule has 2 N–H and O–H groups in total. The zero-order valence-corrected chi connectivity index (χ0v) is 13.2. The highest BCUT2D eigenvalue weighted by molar-refractivity contribution is 7.99. The molecule has 110 valence electrons. The standard InChI is InChI=1S/C16H23NO2S/c1-12-5-4-6-13(9-12)15(2,3)10-17-14(18)16(19)7-8-20-11-16/h4-6,9,19H,7-8,10-11H2,1-3H3,(H,17,18). The zero-order chi connectivity index (χ0) is 14.8. The lowest BCUT2D eigenvalue weighted by Gasteiger charge is -2.28. The van der Waals surface area contributed by atoms with Crippen molar-refractivity contribution >= 4 is 17.7 Å². The third kappa shape index (κ3) is 3.36. The molecule has 1 saturated heterocycles. The SMILES string of the molecule is Cc1cccc(C(C)(C)CNC(=O)C2(O)CCSC2)c1. The minimum atomic E-state index is -1.17. The molecule has 0 spiro atoms. The average Bonchev–Trinajstić information content (AvgIpc) is 2.84. The Hall–Kier alpha value is -1.00. The van der Waals surface area contributed by atoms with E-state index in [1.165, 1.54) is 11.1 Å². The molecule has 1 atom stereocenters. The van der Waals surface area contributed by atoms with Gasteiger partial charge in [-0.15, -0.1) is 0 Å². The monoisotopic (exact) mass is 293 g/mol. The first-order chi connectivity index (χ1) is 9.33. The van der Waals surface area contributed by atoms with Gasteiger partial charge in [-0.05, 0) is 24.7 Å². The lowest BCUT2D eigenvalue weighted by molar-refractivity contribution is -0.137. The summed E-state index contributed by atoms with van der Waals surface area (Å²) in [6.45, 7) is 6.81. The highest BCUT2D eigenvalue weighted by atomic mass is 32.2. The van der Waals surface area contributed by atoms with Crippen molar-refractivity contribution in [1.82, 2.24) is 5.32 Å². The van der Waals surface area contributed by atoms with Gasteiger partial charge in [-0.3, -0.25) is 4.79 Å². The molecule has 1 unspecified atom stereocenters. The fourth-order valence-electron chi connectivity index (χ4n) is 2.37. The van der Waals surface area contributed by atoms with Crippen molar-refractivity contribution in [2.75, 3.05) is 18.1 Å². The van der Waals surface area contributed by atoms with Crippen molar-refractivity contribution in [3.8, 4) is 0 Å². The van der Waals surface area contributed by atoms with Crippen LogP contribution >= 0.6 is 11.8 Å². The molecule has 1 aromatic rings. The van der Waals surface area contributed by atoms with Crippen molar-refractivity contribution in [2.24, 2.45) is 0 Å². The lowest BCUT2D eigenvalue weighted by atomic mass is 9.83. The van der Waals surface area contributed by atoms with Crippen molar-refractivity contribution in [3.63, 3.8) is 0 Å². The van der Waals surface area contributed by atoms with Crippen LogP contribution in [0.4, 0.5) is 0 Å². The van der Waals surface area contributed by atoms with Gasteiger partial charge in [0.15, 0.2) is 5.60 Å². The van der Waals surface area contributed by atoms with E-state index in [2.05, 4.69) is 44.3 Å². The van der Waals surface area contributed by atoms with E-state index >= 15 is 0 Å². The summed E-state index contributed by atoms with van der Waals surface area (Å²) in [5.41, 5.74) is 1.09. The maximum atomic E-state index is 12.1. The molecule has 0 radical (unpaired) electrons. The first-order valence-electron chi connectivity index (χ1n) is 6.99. The molecule has 1 amide bonds. The van der Waals surface area contributed by atoms with E-state index in [1.807, 2.05) is 6.07 Å². The van der Waals surface area contributed by atoms with Crippen LogP contribution in [-0.4, -0.2) is 34.7 Å². The van der Waals surface area contributed by atoms with E-state index in [1.54, 1.807) is 11.8 Å². The van der Waals surface area contributed by atoms with Crippen LogP contribution < -0.4 is 5.32 Å². The van der Waals surface area contributed by atoms with Crippen LogP contribution in [-0.2, 0) is 10.2 Å². The van der Waals surface area contributed by atoms with Gasteiger partial charge in [-0.1, -0.05) is 43.7 Å². The number of hydrogen-bond donors (Lipinski definition) is 2. The second kappa shape index (κ2) is 5.78. The fraction of sp³-hybridized carbons (Fsp3) is 0.562. The Balaban J connectivity index is 2.00. The summed E-state index contributed by atoms with van der Waals surface area (Å²) < 4.78 is 0. The van der Waals surface area contributed by atoms with E-state index < -0.39 is 5.60 Å². The number of carbonyl (C=O) groups excluding carboxylic acids is 1. The third-order valence-corrected chi connectivity index (χ3v) is 5.09. The van der Waals surface area contributed by atoms with E-state index in [-0.39, 0.29) is 11.3 Å². The minimum Gasteiger partial charge on any atom is -0.379 e. The molecule has 20 heavy (non-hydrogen) atoms. The second-order valence-electron chi connectivity index (χ2n) is 6.27. The number of carbonyl (C=O) groups is 1. The van der Waals surface area contributed by atoms with Crippen LogP contribution in [0, 0.1) is 6.92 Å². The Morgan fingerprint density at radius 3 is 2.85 bits per heavy atom. The summed E-state index contributed by atoms with van der Waals surface area (Å²) in [6.07, 6.45) is 0.550. The number of nitrogens with one attached hydrogen (secondary N) is 1. The number of hydrogen-bond acceptors (Lipinski definition) is 3. The number of aliphatic hydroxyl groups is 1. The van der Waals surface area contributed by atoms with Gasteiger partial charge in [0, 0.05) is 17.7 Å². The average molecular weight is 293 g/mol. The fourth-order valence-corrected chi connectivity index (χ4v) is 3.61. The number of aryl methyl sites for hydroxylation is 1. The molecule has 1 heterocycles. The lowest BCUT2D eigenvalue weighted by Crippen LogP contribution is -2.50. The molecule has 1 fully saturated rings. The summed E-state index contributed by atoms with van der Waals surface area (Å²) in [7, 11) is 0. The summed E-state index contributed by atoms with van der Waals surface area (Å²) in [5, 5.41) is 13.2. The molecule has 4 heteroatoms. The zero-order valence-electron chi connectivity index (χ0n) is 12.4. The van der Waals surface area contributed by atoms with Crippen LogP contribution in [0.5, 0.6) is 0 Å². The molecule has 2 rings (SSSR count). The predicted molar refractivity (Wildman–Crippen MR) is 84.1 cm³/mol. The Morgan fingerprint density at radius 1 is 1.50 bits per heavy atom. The number of thioether (sulfide) groups is 1. The molecule has 0 aromatic heterocycles. The Bertz CT molecular complexity index is 493. The number of benzene rings is 1. The molecule has 1 aliphatic rings. The topological polar surface area (TPSA) is 49.3 Å². The van der Waals surface area contributed by atoms with Gasteiger partial charge in [0.25, 0.3) is 5.91 Å². The molecule has 1 aliphatic heterocycles. The van der Waals surface area contributed by atoms with Crippen molar-refractivity contribution in [2.45, 2.75) is 38.2 Å². The van der Waals surface area contributed by atoms with Gasteiger partial charge in [0.1, 0.15) is 0 Å². The van der Waals surface area contributed by atoms with Crippen LogP contribution in [0.2, 0.25) is 0 Å². The maximum absolute atomic E-state index is 12.1. The highest BCUT2D eigenvalue weighted by Gasteiger charge is 2.39. The molecule has 0 saturated carbocycles. The first kappa shape index (κ1) is 15.4. The largest absolute Gasteiger partial charge is 0.379 e. The van der Waals surface area contributed by atoms with Gasteiger partial charge >= 0.3 is 0 Å². The second-order valence-corrected chi connectivity index (χ2v) is 7.38. The first-order valence-corrected chi connectivity index (χ1v) is 8.15. The molecule has 1 aromatic carbocycles. The van der Waals surface area contributed by atoms with E-state index in [0.717, 1.165) is 5.75 Å². The van der Waals surface area contributed by atoms with Crippen molar-refractivity contribution in [3.05, 3.63) is 35.4 Å². The van der Waals surface area contributed by atoms with E-state index in [0.29, 0.717) is 18.7 Å². The normalized spacial score (nSPS) is 22.8. The summed E-state index contributed by atoms with van der Waals surface area (Å²) in [6, 6.07) is 8.33. The van der Waals surface area contributed by atoms with Crippen LogP contribution in [0.3, 0.4) is 0 Å². The van der Waals surface area contributed by atoms with Crippen LogP contribution in [0.1, 0.15) is 31.4 Å². The quantitative estimate of drug-likeness (QED) is 0.895. The smallest absolute Gasteiger partial charge is 0.252 e. The molecular weight excluding hydrogens is 270 g/mol. The molecular formula is C16H23NO2S.